The number of aromatic amines is 1. The van der Waals surface area contributed by atoms with Gasteiger partial charge in [-0.3, -0.25) is 0 Å². The minimum Gasteiger partial charge on any atom is -0.493 e. The molecule has 1 saturated carbocycles. The maximum Gasteiger partial charge on any atom is 0.204 e. The SMILES string of the molecule is C#C.C=C(C)Nc1ncc[nH]1.CC1(C)C[C@H]1c1cccc2c1CCO2. The Labute approximate surface area is 150 Å². The first-order valence-corrected chi connectivity index (χ1v) is 8.47. The van der Waals surface area contributed by atoms with Crippen LogP contribution in [-0.2, 0) is 6.42 Å². The summed E-state index contributed by atoms with van der Waals surface area (Å²) in [5.41, 5.74) is 4.43. The van der Waals surface area contributed by atoms with Gasteiger partial charge in [-0.1, -0.05) is 32.6 Å². The summed E-state index contributed by atoms with van der Waals surface area (Å²) >= 11 is 0. The normalized spacial score (nSPS) is 18.4. The van der Waals surface area contributed by atoms with Gasteiger partial charge in [-0.2, -0.15) is 0 Å². The summed E-state index contributed by atoms with van der Waals surface area (Å²) in [5.74, 6) is 2.65. The lowest BCUT2D eigenvalue weighted by Gasteiger charge is -2.08. The molecule has 1 fully saturated rings. The van der Waals surface area contributed by atoms with Crippen molar-refractivity contribution in [2.24, 2.45) is 5.41 Å². The second-order valence-electron chi connectivity index (χ2n) is 7.01. The fourth-order valence-electron chi connectivity index (χ4n) is 3.11. The topological polar surface area (TPSA) is 49.9 Å². The van der Waals surface area contributed by atoms with E-state index < -0.39 is 0 Å². The molecule has 1 aliphatic heterocycles. The summed E-state index contributed by atoms with van der Waals surface area (Å²) in [5, 5.41) is 2.92. The Hall–Kier alpha value is -2.67. The first-order valence-electron chi connectivity index (χ1n) is 8.47. The number of anilines is 1. The predicted molar refractivity (Wildman–Crippen MR) is 104 cm³/mol. The molecule has 2 N–H and O–H groups in total. The van der Waals surface area contributed by atoms with Crippen LogP contribution in [0.5, 0.6) is 5.75 Å². The number of rotatable bonds is 3. The van der Waals surface area contributed by atoms with Crippen molar-refractivity contribution in [3.8, 4) is 18.6 Å². The van der Waals surface area contributed by atoms with Gasteiger partial charge in [0.05, 0.1) is 6.61 Å². The average Bonchev–Trinajstić information content (AvgIpc) is 3.00. The number of aromatic nitrogens is 2. The van der Waals surface area contributed by atoms with E-state index in [2.05, 4.69) is 66.8 Å². The molecule has 4 heteroatoms. The van der Waals surface area contributed by atoms with Crippen LogP contribution < -0.4 is 10.1 Å². The van der Waals surface area contributed by atoms with Gasteiger partial charge in [-0.15, -0.1) is 12.8 Å². The van der Waals surface area contributed by atoms with Crippen molar-refractivity contribution in [1.82, 2.24) is 9.97 Å². The summed E-state index contributed by atoms with van der Waals surface area (Å²) in [6, 6.07) is 6.52. The number of fused-ring (bicyclic) bond motifs is 1. The number of nitrogens with zero attached hydrogens (tertiary/aromatic N) is 1. The third-order valence-corrected chi connectivity index (χ3v) is 4.50. The van der Waals surface area contributed by atoms with Gasteiger partial charge in [0.15, 0.2) is 0 Å². The van der Waals surface area contributed by atoms with Gasteiger partial charge in [0.1, 0.15) is 5.75 Å². The highest BCUT2D eigenvalue weighted by Gasteiger charge is 2.47. The standard InChI is InChI=1S/C13H16O.C6H9N3.C2H2/c1-13(2)8-11(13)9-4-3-5-12-10(9)6-7-14-12;1-5(2)9-6-7-3-4-8-6;1-2/h3-5,11H,6-8H2,1-2H3;3-4H,1H2,2H3,(H2,7,8,9);1-2H/t11-;;/m0../s1. The Balaban J connectivity index is 0.000000179. The average molecular weight is 337 g/mol. The molecule has 0 saturated heterocycles. The summed E-state index contributed by atoms with van der Waals surface area (Å²) in [7, 11) is 0. The van der Waals surface area contributed by atoms with Crippen molar-refractivity contribution >= 4 is 5.95 Å². The molecular formula is C21H27N3O. The van der Waals surface area contributed by atoms with Crippen molar-refractivity contribution < 1.29 is 4.74 Å². The highest BCUT2D eigenvalue weighted by Crippen LogP contribution is 2.60. The molecule has 2 aliphatic rings. The van der Waals surface area contributed by atoms with E-state index in [1.54, 1.807) is 18.0 Å². The minimum absolute atomic E-state index is 0.526. The Morgan fingerprint density at radius 1 is 1.40 bits per heavy atom. The molecule has 0 amide bonds. The first-order chi connectivity index (χ1) is 12.0. The van der Waals surface area contributed by atoms with E-state index in [-0.39, 0.29) is 0 Å². The number of benzene rings is 1. The summed E-state index contributed by atoms with van der Waals surface area (Å²) < 4.78 is 5.59. The number of imidazole rings is 1. The summed E-state index contributed by atoms with van der Waals surface area (Å²) in [6.07, 6.45) is 13.9. The minimum atomic E-state index is 0.526. The van der Waals surface area contributed by atoms with E-state index in [1.165, 1.54) is 12.0 Å². The molecule has 1 aliphatic carbocycles. The lowest BCUT2D eigenvalue weighted by molar-refractivity contribution is 0.357. The molecule has 4 rings (SSSR count). The number of terminal acetylenes is 1. The molecule has 4 nitrogen and oxygen atoms in total. The zero-order chi connectivity index (χ0) is 18.4. The zero-order valence-electron chi connectivity index (χ0n) is 15.3. The van der Waals surface area contributed by atoms with E-state index in [0.29, 0.717) is 5.41 Å². The van der Waals surface area contributed by atoms with Crippen molar-refractivity contribution in [3.63, 3.8) is 0 Å². The lowest BCUT2D eigenvalue weighted by Crippen LogP contribution is -1.94. The molecule has 0 radical (unpaired) electrons. The second kappa shape index (κ2) is 7.94. The second-order valence-corrected chi connectivity index (χ2v) is 7.01. The quantitative estimate of drug-likeness (QED) is 0.795. The van der Waals surface area contributed by atoms with Gasteiger partial charge in [0, 0.05) is 30.1 Å². The highest BCUT2D eigenvalue weighted by atomic mass is 16.5. The molecule has 1 aromatic heterocycles. The Morgan fingerprint density at radius 2 is 2.12 bits per heavy atom. The number of ether oxygens (including phenoxy) is 1. The Bertz CT molecular complexity index is 729. The molecule has 0 unspecified atom stereocenters. The molecule has 1 atom stereocenters. The maximum atomic E-state index is 5.59. The van der Waals surface area contributed by atoms with Crippen LogP contribution in [0.2, 0.25) is 0 Å². The first kappa shape index (κ1) is 18.7. The fourth-order valence-corrected chi connectivity index (χ4v) is 3.11. The molecule has 25 heavy (non-hydrogen) atoms. The predicted octanol–water partition coefficient (Wildman–Crippen LogP) is 4.74. The molecule has 0 bridgehead atoms. The third-order valence-electron chi connectivity index (χ3n) is 4.50. The molecule has 2 aromatic rings. The van der Waals surface area contributed by atoms with Gasteiger partial charge >= 0.3 is 0 Å². The number of hydrogen-bond donors (Lipinski definition) is 2. The van der Waals surface area contributed by atoms with Crippen molar-refractivity contribution in [2.75, 3.05) is 11.9 Å². The number of nitrogens with one attached hydrogen (secondary N) is 2. The van der Waals surface area contributed by atoms with E-state index in [9.17, 15) is 0 Å². The van der Waals surface area contributed by atoms with Gasteiger partial charge in [0.25, 0.3) is 0 Å². The van der Waals surface area contributed by atoms with E-state index >= 15 is 0 Å². The number of allylic oxidation sites excluding steroid dienone is 1. The number of hydrogen-bond acceptors (Lipinski definition) is 3. The fraction of sp³-hybridized carbons (Fsp3) is 0.381. The van der Waals surface area contributed by atoms with Crippen LogP contribution >= 0.6 is 0 Å². The Morgan fingerprint density at radius 3 is 2.68 bits per heavy atom. The van der Waals surface area contributed by atoms with Crippen molar-refractivity contribution in [3.05, 3.63) is 54.0 Å². The van der Waals surface area contributed by atoms with Crippen LogP contribution in [0, 0.1) is 18.3 Å². The van der Waals surface area contributed by atoms with Gasteiger partial charge in [-0.05, 0) is 36.3 Å². The number of H-pyrrole nitrogens is 1. The van der Waals surface area contributed by atoms with Crippen LogP contribution in [0.4, 0.5) is 5.95 Å². The van der Waals surface area contributed by atoms with Crippen molar-refractivity contribution in [1.29, 1.82) is 0 Å². The van der Waals surface area contributed by atoms with Gasteiger partial charge in [0.2, 0.25) is 5.95 Å². The zero-order valence-corrected chi connectivity index (χ0v) is 15.3. The van der Waals surface area contributed by atoms with Crippen LogP contribution in [0.25, 0.3) is 0 Å². The monoisotopic (exact) mass is 337 g/mol. The van der Waals surface area contributed by atoms with Crippen LogP contribution in [0.3, 0.4) is 0 Å². The molecule has 0 spiro atoms. The molecule has 2 heterocycles. The van der Waals surface area contributed by atoms with E-state index in [0.717, 1.165) is 36.3 Å². The highest BCUT2D eigenvalue weighted by molar-refractivity contribution is 5.47. The van der Waals surface area contributed by atoms with E-state index in [4.69, 9.17) is 4.74 Å². The molecule has 132 valence electrons. The van der Waals surface area contributed by atoms with Gasteiger partial charge < -0.3 is 15.0 Å². The smallest absolute Gasteiger partial charge is 0.204 e. The third kappa shape index (κ3) is 4.67. The summed E-state index contributed by atoms with van der Waals surface area (Å²) in [4.78, 5) is 6.81. The van der Waals surface area contributed by atoms with Crippen LogP contribution in [0.15, 0.2) is 42.9 Å². The van der Waals surface area contributed by atoms with E-state index in [1.807, 2.05) is 6.92 Å². The van der Waals surface area contributed by atoms with Crippen LogP contribution in [0.1, 0.15) is 44.2 Å². The summed E-state index contributed by atoms with van der Waals surface area (Å²) in [6.45, 7) is 11.1. The van der Waals surface area contributed by atoms with Crippen molar-refractivity contribution in [2.45, 2.75) is 39.5 Å². The largest absolute Gasteiger partial charge is 0.493 e. The maximum absolute atomic E-state index is 5.59. The lowest BCUT2D eigenvalue weighted by atomic mass is 9.97. The molecular weight excluding hydrogens is 310 g/mol. The van der Waals surface area contributed by atoms with Gasteiger partial charge in [-0.25, -0.2) is 4.98 Å². The Kier molecular flexibility index (Phi) is 5.93. The molecule has 1 aromatic carbocycles. The van der Waals surface area contributed by atoms with Crippen LogP contribution in [-0.4, -0.2) is 16.6 Å².